The molecule has 0 bridgehead atoms. The number of carbonyl (C=O) groups is 2. The molecule has 1 aliphatic carbocycles. The zero-order chi connectivity index (χ0) is 11.3. The van der Waals surface area contributed by atoms with Gasteiger partial charge in [0.15, 0.2) is 0 Å². The van der Waals surface area contributed by atoms with Gasteiger partial charge in [-0.3, -0.25) is 9.59 Å². The quantitative estimate of drug-likeness (QED) is 0.602. The topological polar surface area (TPSA) is 75.6 Å². The lowest BCUT2D eigenvalue weighted by Gasteiger charge is -2.10. The summed E-state index contributed by atoms with van der Waals surface area (Å²) in [6.45, 7) is 3.09. The summed E-state index contributed by atoms with van der Waals surface area (Å²) in [5.74, 6) is -0.955. The molecular formula is C10H17NO4. The van der Waals surface area contributed by atoms with Crippen LogP contribution < -0.4 is 5.32 Å². The minimum atomic E-state index is -0.812. The third-order valence-corrected chi connectivity index (χ3v) is 2.61. The number of carboxylic acid groups (broad SMARTS) is 1. The van der Waals surface area contributed by atoms with Gasteiger partial charge in [-0.15, -0.1) is 0 Å². The maximum Gasteiger partial charge on any atom is 0.311 e. The van der Waals surface area contributed by atoms with Crippen molar-refractivity contribution in [3.63, 3.8) is 0 Å². The van der Waals surface area contributed by atoms with Crippen molar-refractivity contribution in [2.45, 2.75) is 26.2 Å². The van der Waals surface area contributed by atoms with Gasteiger partial charge in [0.2, 0.25) is 5.91 Å². The smallest absolute Gasteiger partial charge is 0.311 e. The van der Waals surface area contributed by atoms with Crippen LogP contribution in [0.5, 0.6) is 0 Å². The summed E-state index contributed by atoms with van der Waals surface area (Å²) in [6.07, 6.45) is 1.62. The zero-order valence-electron chi connectivity index (χ0n) is 8.91. The molecule has 5 heteroatoms. The summed E-state index contributed by atoms with van der Waals surface area (Å²) in [5, 5.41) is 11.5. The number of nitrogens with one attached hydrogen (secondary N) is 1. The van der Waals surface area contributed by atoms with Gasteiger partial charge < -0.3 is 15.2 Å². The van der Waals surface area contributed by atoms with E-state index in [4.69, 9.17) is 9.84 Å². The van der Waals surface area contributed by atoms with E-state index in [0.29, 0.717) is 32.5 Å². The van der Waals surface area contributed by atoms with Crippen LogP contribution in [0.4, 0.5) is 0 Å². The molecule has 0 radical (unpaired) electrons. The van der Waals surface area contributed by atoms with Gasteiger partial charge in [-0.1, -0.05) is 0 Å². The molecule has 1 fully saturated rings. The van der Waals surface area contributed by atoms with E-state index in [1.165, 1.54) is 0 Å². The lowest BCUT2D eigenvalue weighted by molar-refractivity contribution is -0.143. The zero-order valence-corrected chi connectivity index (χ0v) is 8.91. The highest BCUT2D eigenvalue weighted by atomic mass is 16.5. The second kappa shape index (κ2) is 5.11. The van der Waals surface area contributed by atoms with Crippen molar-refractivity contribution in [3.8, 4) is 0 Å². The minimum absolute atomic E-state index is 0.143. The van der Waals surface area contributed by atoms with Crippen molar-refractivity contribution in [2.75, 3.05) is 19.8 Å². The molecule has 0 unspecified atom stereocenters. The van der Waals surface area contributed by atoms with E-state index in [0.717, 1.165) is 0 Å². The number of hydrogen-bond acceptors (Lipinski definition) is 3. The Bertz CT molecular complexity index is 248. The highest BCUT2D eigenvalue weighted by Crippen LogP contribution is 2.45. The first-order valence-electron chi connectivity index (χ1n) is 5.18. The molecule has 0 atom stereocenters. The molecule has 2 N–H and O–H groups in total. The monoisotopic (exact) mass is 215 g/mol. The van der Waals surface area contributed by atoms with Gasteiger partial charge in [0.05, 0.1) is 12.0 Å². The molecule has 0 spiro atoms. The lowest BCUT2D eigenvalue weighted by Crippen LogP contribution is -2.34. The maximum atomic E-state index is 11.2. The van der Waals surface area contributed by atoms with Crippen LogP contribution in [-0.4, -0.2) is 36.7 Å². The Balaban J connectivity index is 2.14. The van der Waals surface area contributed by atoms with Crippen LogP contribution in [-0.2, 0) is 14.3 Å². The summed E-state index contributed by atoms with van der Waals surface area (Å²) >= 11 is 0. The Hall–Kier alpha value is -1.10. The molecule has 0 saturated heterocycles. The minimum Gasteiger partial charge on any atom is -0.481 e. The van der Waals surface area contributed by atoms with Crippen molar-refractivity contribution in [3.05, 3.63) is 0 Å². The first-order chi connectivity index (χ1) is 7.10. The van der Waals surface area contributed by atoms with Crippen LogP contribution in [0.3, 0.4) is 0 Å². The standard InChI is InChI=1S/C10H17NO4/c1-2-15-6-3-8(12)11-7-10(4-5-10)9(13)14/h2-7H2,1H3,(H,11,12)(H,13,14). The normalized spacial score (nSPS) is 17.1. The summed E-state index contributed by atoms with van der Waals surface area (Å²) in [4.78, 5) is 22.0. The van der Waals surface area contributed by atoms with E-state index in [2.05, 4.69) is 5.32 Å². The van der Waals surface area contributed by atoms with Gasteiger partial charge >= 0.3 is 5.97 Å². The second-order valence-electron chi connectivity index (χ2n) is 3.81. The number of hydrogen-bond donors (Lipinski definition) is 2. The average Bonchev–Trinajstić information content (AvgIpc) is 2.96. The van der Waals surface area contributed by atoms with Crippen LogP contribution in [0.2, 0.25) is 0 Å². The number of rotatable bonds is 7. The van der Waals surface area contributed by atoms with E-state index in [-0.39, 0.29) is 12.5 Å². The predicted octanol–water partition coefficient (Wildman–Crippen LogP) is 0.394. The SMILES string of the molecule is CCOCCC(=O)NCC1(C(=O)O)CC1. The number of amides is 1. The number of ether oxygens (including phenoxy) is 1. The highest BCUT2D eigenvalue weighted by molar-refractivity contribution is 5.80. The summed E-state index contributed by atoms with van der Waals surface area (Å²) in [6, 6.07) is 0. The summed E-state index contributed by atoms with van der Waals surface area (Å²) in [5.41, 5.74) is -0.679. The Morgan fingerprint density at radius 2 is 2.13 bits per heavy atom. The van der Waals surface area contributed by atoms with Crippen molar-refractivity contribution < 1.29 is 19.4 Å². The number of carbonyl (C=O) groups excluding carboxylic acids is 1. The molecule has 1 rings (SSSR count). The van der Waals surface area contributed by atoms with Gasteiger partial charge in [-0.05, 0) is 19.8 Å². The van der Waals surface area contributed by atoms with Crippen molar-refractivity contribution in [1.82, 2.24) is 5.32 Å². The third-order valence-electron chi connectivity index (χ3n) is 2.61. The Morgan fingerprint density at radius 1 is 1.47 bits per heavy atom. The molecule has 0 aromatic carbocycles. The van der Waals surface area contributed by atoms with Crippen LogP contribution >= 0.6 is 0 Å². The Labute approximate surface area is 88.8 Å². The number of aliphatic carboxylic acids is 1. The molecule has 1 aliphatic rings. The fourth-order valence-electron chi connectivity index (χ4n) is 1.28. The first-order valence-corrected chi connectivity index (χ1v) is 5.18. The van der Waals surface area contributed by atoms with Crippen molar-refractivity contribution in [2.24, 2.45) is 5.41 Å². The van der Waals surface area contributed by atoms with Crippen molar-refractivity contribution >= 4 is 11.9 Å². The first kappa shape index (κ1) is 12.0. The molecule has 1 amide bonds. The third kappa shape index (κ3) is 3.51. The molecule has 1 saturated carbocycles. The maximum absolute atomic E-state index is 11.2. The fourth-order valence-corrected chi connectivity index (χ4v) is 1.28. The van der Waals surface area contributed by atoms with Crippen LogP contribution in [0.25, 0.3) is 0 Å². The molecule has 5 nitrogen and oxygen atoms in total. The van der Waals surface area contributed by atoms with E-state index >= 15 is 0 Å². The molecule has 0 aromatic rings. The van der Waals surface area contributed by atoms with Crippen molar-refractivity contribution in [1.29, 1.82) is 0 Å². The molecule has 0 heterocycles. The summed E-state index contributed by atoms with van der Waals surface area (Å²) < 4.78 is 5.02. The fraction of sp³-hybridized carbons (Fsp3) is 0.800. The second-order valence-corrected chi connectivity index (χ2v) is 3.81. The van der Waals surface area contributed by atoms with Gasteiger partial charge in [0.25, 0.3) is 0 Å². The van der Waals surface area contributed by atoms with Gasteiger partial charge in [-0.2, -0.15) is 0 Å². The largest absolute Gasteiger partial charge is 0.481 e. The average molecular weight is 215 g/mol. The lowest BCUT2D eigenvalue weighted by atomic mass is 10.1. The van der Waals surface area contributed by atoms with Crippen LogP contribution in [0.15, 0.2) is 0 Å². The molecule has 0 aliphatic heterocycles. The van der Waals surface area contributed by atoms with E-state index in [1.807, 2.05) is 6.92 Å². The molecular weight excluding hydrogens is 198 g/mol. The van der Waals surface area contributed by atoms with E-state index < -0.39 is 11.4 Å². The summed E-state index contributed by atoms with van der Waals surface area (Å²) in [7, 11) is 0. The van der Waals surface area contributed by atoms with E-state index in [1.54, 1.807) is 0 Å². The number of carboxylic acids is 1. The van der Waals surface area contributed by atoms with Gasteiger partial charge in [0, 0.05) is 19.6 Å². The van der Waals surface area contributed by atoms with Crippen LogP contribution in [0.1, 0.15) is 26.2 Å². The van der Waals surface area contributed by atoms with E-state index in [9.17, 15) is 9.59 Å². The predicted molar refractivity (Wildman–Crippen MR) is 53.4 cm³/mol. The Morgan fingerprint density at radius 3 is 2.60 bits per heavy atom. The van der Waals surface area contributed by atoms with Gasteiger partial charge in [0.1, 0.15) is 0 Å². The molecule has 15 heavy (non-hydrogen) atoms. The Kier molecular flexibility index (Phi) is 4.08. The molecule has 0 aromatic heterocycles. The van der Waals surface area contributed by atoms with Crippen LogP contribution in [0, 0.1) is 5.41 Å². The van der Waals surface area contributed by atoms with Gasteiger partial charge in [-0.25, -0.2) is 0 Å². The molecule has 86 valence electrons. The highest BCUT2D eigenvalue weighted by Gasteiger charge is 2.50.